The van der Waals surface area contributed by atoms with E-state index in [9.17, 15) is 14.9 Å². The Bertz CT molecular complexity index is 676. The molecule has 0 radical (unpaired) electrons. The molecule has 20 heavy (non-hydrogen) atoms. The fourth-order valence-corrected chi connectivity index (χ4v) is 1.90. The van der Waals surface area contributed by atoms with Crippen molar-refractivity contribution in [3.63, 3.8) is 0 Å². The van der Waals surface area contributed by atoms with Crippen LogP contribution >= 0.6 is 27.5 Å². The Morgan fingerprint density at radius 1 is 1.35 bits per heavy atom. The van der Waals surface area contributed by atoms with Crippen LogP contribution in [-0.2, 0) is 0 Å². The van der Waals surface area contributed by atoms with Gasteiger partial charge in [-0.3, -0.25) is 14.9 Å². The van der Waals surface area contributed by atoms with Crippen molar-refractivity contribution in [2.24, 2.45) is 0 Å². The second-order valence-electron chi connectivity index (χ2n) is 3.74. The van der Waals surface area contributed by atoms with Crippen LogP contribution < -0.4 is 5.32 Å². The van der Waals surface area contributed by atoms with Crippen LogP contribution in [0.2, 0.25) is 5.02 Å². The molecule has 1 aromatic heterocycles. The fourth-order valence-electron chi connectivity index (χ4n) is 1.50. The average Bonchev–Trinajstić information content (AvgIpc) is 2.41. The smallest absolute Gasteiger partial charge is 0.283 e. The molecule has 2 aromatic rings. The Balaban J connectivity index is 2.29. The molecule has 1 amide bonds. The van der Waals surface area contributed by atoms with Crippen LogP contribution in [0.4, 0.5) is 11.4 Å². The number of pyridine rings is 1. The maximum atomic E-state index is 12.0. The van der Waals surface area contributed by atoms with Crippen molar-refractivity contribution in [3.05, 3.63) is 61.8 Å². The topological polar surface area (TPSA) is 85.1 Å². The SMILES string of the molecule is O=C(Nc1ccc(Br)nc1)c1ccc(Cl)cc1[N+](=O)[O-]. The predicted octanol–water partition coefficient (Wildman–Crippen LogP) is 3.66. The van der Waals surface area contributed by atoms with Crippen LogP contribution in [0.3, 0.4) is 0 Å². The van der Waals surface area contributed by atoms with Gasteiger partial charge in [-0.05, 0) is 40.2 Å². The van der Waals surface area contributed by atoms with Crippen molar-refractivity contribution in [2.75, 3.05) is 5.32 Å². The van der Waals surface area contributed by atoms with Crippen LogP contribution in [0.15, 0.2) is 41.1 Å². The first-order valence-corrected chi connectivity index (χ1v) is 6.51. The van der Waals surface area contributed by atoms with E-state index in [0.717, 1.165) is 6.07 Å². The van der Waals surface area contributed by atoms with E-state index in [-0.39, 0.29) is 16.3 Å². The molecule has 1 aromatic carbocycles. The second kappa shape index (κ2) is 5.98. The minimum absolute atomic E-state index is 0.0673. The van der Waals surface area contributed by atoms with Crippen molar-refractivity contribution in [2.45, 2.75) is 0 Å². The maximum Gasteiger partial charge on any atom is 0.283 e. The first kappa shape index (κ1) is 14.4. The highest BCUT2D eigenvalue weighted by molar-refractivity contribution is 9.10. The lowest BCUT2D eigenvalue weighted by atomic mass is 10.1. The Hall–Kier alpha value is -1.99. The van der Waals surface area contributed by atoms with Crippen molar-refractivity contribution in [1.82, 2.24) is 4.98 Å². The van der Waals surface area contributed by atoms with E-state index in [4.69, 9.17) is 11.6 Å². The van der Waals surface area contributed by atoms with Crippen molar-refractivity contribution in [3.8, 4) is 0 Å². The molecule has 1 N–H and O–H groups in total. The van der Waals surface area contributed by atoms with Gasteiger partial charge in [0.15, 0.2) is 0 Å². The van der Waals surface area contributed by atoms with Gasteiger partial charge >= 0.3 is 0 Å². The number of nitrogens with one attached hydrogen (secondary N) is 1. The minimum Gasteiger partial charge on any atom is -0.320 e. The summed E-state index contributed by atoms with van der Waals surface area (Å²) < 4.78 is 0.618. The van der Waals surface area contributed by atoms with Crippen LogP contribution in [-0.4, -0.2) is 15.8 Å². The number of benzene rings is 1. The Labute approximate surface area is 127 Å². The number of hydrogen-bond donors (Lipinski definition) is 1. The van der Waals surface area contributed by atoms with Gasteiger partial charge in [0.05, 0.1) is 16.8 Å². The lowest BCUT2D eigenvalue weighted by Crippen LogP contribution is -2.14. The second-order valence-corrected chi connectivity index (χ2v) is 4.99. The third-order valence-electron chi connectivity index (χ3n) is 2.39. The standard InChI is InChI=1S/C12H7BrClN3O3/c13-11-4-2-8(6-15-11)16-12(18)9-3-1-7(14)5-10(9)17(19)20/h1-6H,(H,16,18). The monoisotopic (exact) mass is 355 g/mol. The summed E-state index contributed by atoms with van der Waals surface area (Å²) in [5.41, 5.74) is 0.0184. The third kappa shape index (κ3) is 3.31. The highest BCUT2D eigenvalue weighted by atomic mass is 79.9. The van der Waals surface area contributed by atoms with Gasteiger partial charge < -0.3 is 5.32 Å². The lowest BCUT2D eigenvalue weighted by Gasteiger charge is -2.05. The number of halogens is 2. The molecule has 0 aliphatic heterocycles. The zero-order valence-corrected chi connectivity index (χ0v) is 12.2. The Kier molecular flexibility index (Phi) is 4.31. The highest BCUT2D eigenvalue weighted by Crippen LogP contribution is 2.24. The third-order valence-corrected chi connectivity index (χ3v) is 3.09. The van der Waals surface area contributed by atoms with E-state index in [1.165, 1.54) is 18.3 Å². The van der Waals surface area contributed by atoms with Crippen LogP contribution in [0.1, 0.15) is 10.4 Å². The van der Waals surface area contributed by atoms with Crippen molar-refractivity contribution in [1.29, 1.82) is 0 Å². The van der Waals surface area contributed by atoms with Crippen LogP contribution in [0.25, 0.3) is 0 Å². The molecular weight excluding hydrogens is 350 g/mol. The largest absolute Gasteiger partial charge is 0.320 e. The molecule has 8 heteroatoms. The van der Waals surface area contributed by atoms with E-state index < -0.39 is 10.8 Å². The molecule has 0 spiro atoms. The van der Waals surface area contributed by atoms with Gasteiger partial charge in [0.1, 0.15) is 10.2 Å². The quantitative estimate of drug-likeness (QED) is 0.516. The average molecular weight is 357 g/mol. The molecule has 6 nitrogen and oxygen atoms in total. The highest BCUT2D eigenvalue weighted by Gasteiger charge is 2.20. The number of nitrogens with zero attached hydrogens (tertiary/aromatic N) is 2. The first-order chi connectivity index (χ1) is 9.47. The number of rotatable bonds is 3. The number of anilines is 1. The zero-order valence-electron chi connectivity index (χ0n) is 9.84. The summed E-state index contributed by atoms with van der Waals surface area (Å²) in [6.07, 6.45) is 1.43. The number of carbonyl (C=O) groups excluding carboxylic acids is 1. The molecule has 0 atom stereocenters. The molecule has 102 valence electrons. The molecule has 1 heterocycles. The van der Waals surface area contributed by atoms with Gasteiger partial charge in [0.2, 0.25) is 0 Å². The van der Waals surface area contributed by atoms with Gasteiger partial charge in [0, 0.05) is 11.1 Å². The van der Waals surface area contributed by atoms with Crippen LogP contribution in [0.5, 0.6) is 0 Å². The molecule has 0 unspecified atom stereocenters. The number of nitro groups is 1. The molecule has 0 saturated carbocycles. The van der Waals surface area contributed by atoms with Gasteiger partial charge in [0.25, 0.3) is 11.6 Å². The van der Waals surface area contributed by atoms with Gasteiger partial charge in [-0.1, -0.05) is 11.6 Å². The minimum atomic E-state index is -0.652. The fraction of sp³-hybridized carbons (Fsp3) is 0. The van der Waals surface area contributed by atoms with Gasteiger partial charge in [-0.2, -0.15) is 0 Å². The number of hydrogen-bond acceptors (Lipinski definition) is 4. The van der Waals surface area contributed by atoms with Crippen molar-refractivity contribution >= 4 is 44.8 Å². The summed E-state index contributed by atoms with van der Waals surface area (Å²) in [4.78, 5) is 26.3. The van der Waals surface area contributed by atoms with Crippen LogP contribution in [0, 0.1) is 10.1 Å². The number of nitro benzene ring substituents is 1. The zero-order chi connectivity index (χ0) is 14.7. The Morgan fingerprint density at radius 3 is 2.70 bits per heavy atom. The molecule has 0 aliphatic carbocycles. The summed E-state index contributed by atoms with van der Waals surface area (Å²) in [6.45, 7) is 0. The molecule has 2 rings (SSSR count). The first-order valence-electron chi connectivity index (χ1n) is 5.34. The van der Waals surface area contributed by atoms with Gasteiger partial charge in [-0.25, -0.2) is 4.98 Å². The van der Waals surface area contributed by atoms with E-state index in [1.807, 2.05) is 0 Å². The van der Waals surface area contributed by atoms with E-state index in [0.29, 0.717) is 10.3 Å². The molecule has 0 bridgehead atoms. The van der Waals surface area contributed by atoms with E-state index in [2.05, 4.69) is 26.2 Å². The van der Waals surface area contributed by atoms with Gasteiger partial charge in [-0.15, -0.1) is 0 Å². The lowest BCUT2D eigenvalue weighted by molar-refractivity contribution is -0.385. The Morgan fingerprint density at radius 2 is 2.10 bits per heavy atom. The summed E-state index contributed by atoms with van der Waals surface area (Å²) in [5.74, 6) is -0.600. The number of aromatic nitrogens is 1. The summed E-state index contributed by atoms with van der Waals surface area (Å²) in [6, 6.07) is 7.13. The normalized spacial score (nSPS) is 10.1. The summed E-state index contributed by atoms with van der Waals surface area (Å²) >= 11 is 8.86. The summed E-state index contributed by atoms with van der Waals surface area (Å²) in [5, 5.41) is 13.6. The molecule has 0 saturated heterocycles. The number of amides is 1. The van der Waals surface area contributed by atoms with Crippen molar-refractivity contribution < 1.29 is 9.72 Å². The predicted molar refractivity (Wildman–Crippen MR) is 78.0 cm³/mol. The van der Waals surface area contributed by atoms with E-state index in [1.54, 1.807) is 12.1 Å². The van der Waals surface area contributed by atoms with E-state index >= 15 is 0 Å². The molecular formula is C12H7BrClN3O3. The number of carbonyl (C=O) groups is 1. The molecule has 0 aliphatic rings. The molecule has 0 fully saturated rings. The summed E-state index contributed by atoms with van der Waals surface area (Å²) in [7, 11) is 0. The maximum absolute atomic E-state index is 12.0.